The van der Waals surface area contributed by atoms with Crippen LogP contribution < -0.4 is 10.1 Å². The van der Waals surface area contributed by atoms with Gasteiger partial charge in [-0.05, 0) is 6.07 Å². The Morgan fingerprint density at radius 1 is 1.50 bits per heavy atom. The van der Waals surface area contributed by atoms with E-state index in [1.807, 2.05) is 0 Å². The number of nitrogens with one attached hydrogen (secondary N) is 1. The Hall–Kier alpha value is -1.29. The Labute approximate surface area is 87.0 Å². The maximum atomic E-state index is 5.99. The largest absolute Gasteiger partial charge is 0.481 e. The van der Waals surface area contributed by atoms with Crippen LogP contribution in [-0.4, -0.2) is 31.0 Å². The molecule has 0 bridgehead atoms. The highest BCUT2D eigenvalue weighted by Crippen LogP contribution is 2.18. The molecule has 1 N–H and O–H groups in total. The smallest absolute Gasteiger partial charge is 0.213 e. The summed E-state index contributed by atoms with van der Waals surface area (Å²) in [5, 5.41) is 3.69. The third-order valence-electron chi connectivity index (χ3n) is 1.93. The van der Waals surface area contributed by atoms with Crippen molar-refractivity contribution < 1.29 is 4.74 Å². The van der Waals surface area contributed by atoms with Crippen LogP contribution in [0.2, 0.25) is 5.02 Å². The molecule has 0 atom stereocenters. The summed E-state index contributed by atoms with van der Waals surface area (Å²) < 4.78 is 5.02. The van der Waals surface area contributed by atoms with Crippen molar-refractivity contribution in [2.45, 2.75) is 0 Å². The van der Waals surface area contributed by atoms with Crippen LogP contribution in [0, 0.1) is 0 Å². The van der Waals surface area contributed by atoms with Crippen LogP contribution in [-0.2, 0) is 0 Å². The summed E-state index contributed by atoms with van der Waals surface area (Å²) in [6.45, 7) is 1.61. The summed E-state index contributed by atoms with van der Waals surface area (Å²) in [6.07, 6.45) is 0. The number of aliphatic imine (C=N–C) groups is 1. The predicted octanol–water partition coefficient (Wildman–Crippen LogP) is 1.09. The molecule has 2 rings (SSSR count). The van der Waals surface area contributed by atoms with Gasteiger partial charge in [0.2, 0.25) is 5.88 Å². The van der Waals surface area contributed by atoms with Gasteiger partial charge in [0.15, 0.2) is 0 Å². The second-order valence-electron chi connectivity index (χ2n) is 2.84. The third kappa shape index (κ3) is 1.65. The summed E-state index contributed by atoms with van der Waals surface area (Å²) in [6, 6.07) is 3.48. The molecule has 0 saturated carbocycles. The summed E-state index contributed by atoms with van der Waals surface area (Å²) >= 11 is 5.99. The highest BCUT2D eigenvalue weighted by atomic mass is 35.5. The number of methoxy groups -OCH3 is 1. The number of pyridine rings is 1. The molecule has 2 heterocycles. The fourth-order valence-corrected chi connectivity index (χ4v) is 1.46. The first-order valence-corrected chi connectivity index (χ1v) is 4.68. The zero-order valence-electron chi connectivity index (χ0n) is 7.75. The zero-order chi connectivity index (χ0) is 9.97. The van der Waals surface area contributed by atoms with Gasteiger partial charge < -0.3 is 10.1 Å². The van der Waals surface area contributed by atoms with E-state index >= 15 is 0 Å². The minimum atomic E-state index is 0.542. The van der Waals surface area contributed by atoms with E-state index in [0.717, 1.165) is 18.9 Å². The van der Waals surface area contributed by atoms with E-state index in [0.29, 0.717) is 16.6 Å². The standard InChI is InChI=1S/C9H10ClN3O/c1-14-7-3-2-6(10)8(13-7)9-11-4-5-12-9/h2-3H,4-5H2,1H3,(H,11,12). The highest BCUT2D eigenvalue weighted by molar-refractivity contribution is 6.33. The Balaban J connectivity index is 2.40. The molecule has 14 heavy (non-hydrogen) atoms. The number of hydrogen-bond donors (Lipinski definition) is 1. The van der Waals surface area contributed by atoms with Gasteiger partial charge in [0, 0.05) is 12.6 Å². The molecule has 0 aromatic carbocycles. The van der Waals surface area contributed by atoms with Crippen LogP contribution in [0.4, 0.5) is 0 Å². The molecule has 4 nitrogen and oxygen atoms in total. The molecule has 74 valence electrons. The lowest BCUT2D eigenvalue weighted by Crippen LogP contribution is -2.21. The quantitative estimate of drug-likeness (QED) is 0.797. The van der Waals surface area contributed by atoms with Crippen molar-refractivity contribution >= 4 is 17.4 Å². The van der Waals surface area contributed by atoms with Gasteiger partial charge in [-0.1, -0.05) is 11.6 Å². The van der Waals surface area contributed by atoms with Gasteiger partial charge >= 0.3 is 0 Å². The minimum absolute atomic E-state index is 0.542. The first kappa shape index (κ1) is 9.27. The molecule has 1 aliphatic rings. The minimum Gasteiger partial charge on any atom is -0.481 e. The van der Waals surface area contributed by atoms with E-state index in [1.54, 1.807) is 19.2 Å². The second kappa shape index (κ2) is 3.84. The normalized spacial score (nSPS) is 14.9. The van der Waals surface area contributed by atoms with Crippen molar-refractivity contribution in [2.24, 2.45) is 4.99 Å². The monoisotopic (exact) mass is 211 g/mol. The van der Waals surface area contributed by atoms with Crippen LogP contribution in [0.25, 0.3) is 0 Å². The second-order valence-corrected chi connectivity index (χ2v) is 3.25. The van der Waals surface area contributed by atoms with Crippen LogP contribution in [0.1, 0.15) is 5.69 Å². The van der Waals surface area contributed by atoms with Gasteiger partial charge in [0.25, 0.3) is 0 Å². The number of halogens is 1. The lowest BCUT2D eigenvalue weighted by atomic mass is 10.3. The lowest BCUT2D eigenvalue weighted by molar-refractivity contribution is 0.397. The van der Waals surface area contributed by atoms with E-state index in [9.17, 15) is 0 Å². The van der Waals surface area contributed by atoms with Gasteiger partial charge in [-0.2, -0.15) is 0 Å². The number of nitrogens with zero attached hydrogens (tertiary/aromatic N) is 2. The van der Waals surface area contributed by atoms with Gasteiger partial charge in [-0.25, -0.2) is 4.98 Å². The van der Waals surface area contributed by atoms with Gasteiger partial charge in [0.05, 0.1) is 18.7 Å². The number of rotatable bonds is 2. The van der Waals surface area contributed by atoms with E-state index < -0.39 is 0 Å². The first-order chi connectivity index (χ1) is 6.81. The molecule has 0 unspecified atom stereocenters. The molecule has 0 amide bonds. The van der Waals surface area contributed by atoms with E-state index in [4.69, 9.17) is 16.3 Å². The van der Waals surface area contributed by atoms with E-state index in [2.05, 4.69) is 15.3 Å². The van der Waals surface area contributed by atoms with Crippen LogP contribution in [0.3, 0.4) is 0 Å². The number of aromatic nitrogens is 1. The van der Waals surface area contributed by atoms with Crippen LogP contribution in [0.5, 0.6) is 5.88 Å². The van der Waals surface area contributed by atoms with Gasteiger partial charge in [-0.3, -0.25) is 4.99 Å². The van der Waals surface area contributed by atoms with E-state index in [1.165, 1.54) is 0 Å². The Kier molecular flexibility index (Phi) is 2.54. The van der Waals surface area contributed by atoms with Crippen molar-refractivity contribution in [1.82, 2.24) is 10.3 Å². The van der Waals surface area contributed by atoms with Crippen molar-refractivity contribution in [3.8, 4) is 5.88 Å². The lowest BCUT2D eigenvalue weighted by Gasteiger charge is -2.05. The maximum Gasteiger partial charge on any atom is 0.213 e. The number of hydrogen-bond acceptors (Lipinski definition) is 4. The molecule has 0 saturated heterocycles. The molecule has 0 fully saturated rings. The zero-order valence-corrected chi connectivity index (χ0v) is 8.51. The summed E-state index contributed by atoms with van der Waals surface area (Å²) in [4.78, 5) is 8.47. The molecule has 0 spiro atoms. The maximum absolute atomic E-state index is 5.99. The van der Waals surface area contributed by atoms with Crippen molar-refractivity contribution in [3.05, 3.63) is 22.8 Å². The average molecular weight is 212 g/mol. The average Bonchev–Trinajstić information content (AvgIpc) is 2.71. The Bertz CT molecular complexity index is 378. The summed E-state index contributed by atoms with van der Waals surface area (Å²) in [5.74, 6) is 1.29. The topological polar surface area (TPSA) is 46.5 Å². The van der Waals surface area contributed by atoms with Crippen LogP contribution in [0.15, 0.2) is 17.1 Å². The number of amidine groups is 1. The fourth-order valence-electron chi connectivity index (χ4n) is 1.26. The Morgan fingerprint density at radius 2 is 2.36 bits per heavy atom. The molecule has 1 aliphatic heterocycles. The molecular formula is C9H10ClN3O. The predicted molar refractivity (Wildman–Crippen MR) is 55.2 cm³/mol. The Morgan fingerprint density at radius 3 is 3.00 bits per heavy atom. The third-order valence-corrected chi connectivity index (χ3v) is 2.23. The molecule has 0 aliphatic carbocycles. The molecule has 1 aromatic heterocycles. The van der Waals surface area contributed by atoms with Gasteiger partial charge in [-0.15, -0.1) is 0 Å². The first-order valence-electron chi connectivity index (χ1n) is 4.30. The summed E-state index contributed by atoms with van der Waals surface area (Å²) in [7, 11) is 1.57. The fraction of sp³-hybridized carbons (Fsp3) is 0.333. The van der Waals surface area contributed by atoms with Crippen molar-refractivity contribution in [1.29, 1.82) is 0 Å². The van der Waals surface area contributed by atoms with Gasteiger partial charge in [0.1, 0.15) is 11.5 Å². The van der Waals surface area contributed by atoms with Crippen molar-refractivity contribution in [3.63, 3.8) is 0 Å². The van der Waals surface area contributed by atoms with Crippen molar-refractivity contribution in [2.75, 3.05) is 20.2 Å². The molecule has 1 aromatic rings. The summed E-state index contributed by atoms with van der Waals surface area (Å²) in [5.41, 5.74) is 0.656. The molecule has 0 radical (unpaired) electrons. The molecule has 5 heteroatoms. The molecular weight excluding hydrogens is 202 g/mol. The highest BCUT2D eigenvalue weighted by Gasteiger charge is 2.14. The SMILES string of the molecule is COc1ccc(Cl)c(C2=NCCN2)n1. The number of ether oxygens (including phenoxy) is 1. The van der Waals surface area contributed by atoms with Crippen LogP contribution >= 0.6 is 11.6 Å². The van der Waals surface area contributed by atoms with E-state index in [-0.39, 0.29) is 0 Å².